The lowest BCUT2D eigenvalue weighted by molar-refractivity contribution is 0.611. The molecule has 0 saturated heterocycles. The minimum absolute atomic E-state index is 0.0629. The van der Waals surface area contributed by atoms with Crippen molar-refractivity contribution in [1.29, 1.82) is 5.41 Å². The van der Waals surface area contributed by atoms with Gasteiger partial charge in [-0.05, 0) is 31.4 Å². The molecule has 1 aliphatic rings. The number of rotatable bonds is 7. The van der Waals surface area contributed by atoms with Gasteiger partial charge in [-0.2, -0.15) is 0 Å². The van der Waals surface area contributed by atoms with E-state index in [1.165, 1.54) is 0 Å². The summed E-state index contributed by atoms with van der Waals surface area (Å²) in [5.41, 5.74) is 11.9. The second-order valence-corrected chi connectivity index (χ2v) is 6.63. The third-order valence-corrected chi connectivity index (χ3v) is 4.34. The third-order valence-electron chi connectivity index (χ3n) is 4.34. The van der Waals surface area contributed by atoms with Gasteiger partial charge in [0.1, 0.15) is 11.5 Å². The van der Waals surface area contributed by atoms with Crippen molar-refractivity contribution in [3.8, 4) is 0 Å². The van der Waals surface area contributed by atoms with Gasteiger partial charge in [-0.25, -0.2) is 10.4 Å². The molecule has 1 unspecified atom stereocenters. The second kappa shape index (κ2) is 9.14. The summed E-state index contributed by atoms with van der Waals surface area (Å²) in [4.78, 5) is 9.13. The Hall–Kier alpha value is -2.93. The van der Waals surface area contributed by atoms with Crippen molar-refractivity contribution in [2.24, 2.45) is 11.7 Å². The number of nitrogens with two attached hydrogens (primary N) is 1. The standard InChI is InChI=1S/C20H29N7/c1-6-8-9-15(7-2)14(5)27-20-17(11-24-27)23-12-19(26-20)25-18(22)10-16(21)13(3)4/h6-10,12-14,24H,1,11,21H2,2-5H3,(H2,22,25,26)/b9-8-,15-7+,16-10-. The Morgan fingerprint density at radius 1 is 1.44 bits per heavy atom. The quantitative estimate of drug-likeness (QED) is 0.335. The van der Waals surface area contributed by atoms with Crippen LogP contribution < -0.4 is 21.5 Å². The highest BCUT2D eigenvalue weighted by atomic mass is 15.6. The van der Waals surface area contributed by atoms with Crippen LogP contribution in [-0.4, -0.2) is 21.8 Å². The molecule has 7 heteroatoms. The molecule has 5 N–H and O–H groups in total. The molecule has 2 heterocycles. The predicted molar refractivity (Wildman–Crippen MR) is 112 cm³/mol. The van der Waals surface area contributed by atoms with Gasteiger partial charge in [0.2, 0.25) is 0 Å². The topological polar surface area (TPSA) is 103 Å². The summed E-state index contributed by atoms with van der Waals surface area (Å²) in [5.74, 6) is 1.63. The first kappa shape index (κ1) is 20.4. The van der Waals surface area contributed by atoms with Crippen molar-refractivity contribution in [3.63, 3.8) is 0 Å². The van der Waals surface area contributed by atoms with E-state index in [1.807, 2.05) is 37.9 Å². The molecule has 1 aromatic heterocycles. The molecule has 1 aromatic rings. The zero-order valence-electron chi connectivity index (χ0n) is 16.5. The van der Waals surface area contributed by atoms with Crippen LogP contribution in [0, 0.1) is 11.3 Å². The molecule has 2 rings (SSSR count). The summed E-state index contributed by atoms with van der Waals surface area (Å²) in [6.45, 7) is 12.4. The maximum atomic E-state index is 8.06. The lowest BCUT2D eigenvalue weighted by Gasteiger charge is -2.27. The molecule has 1 atom stereocenters. The van der Waals surface area contributed by atoms with Crippen molar-refractivity contribution in [1.82, 2.24) is 15.4 Å². The number of hydrogen-bond donors (Lipinski definition) is 4. The fraction of sp³-hybridized carbons (Fsp3) is 0.350. The summed E-state index contributed by atoms with van der Waals surface area (Å²) in [7, 11) is 0. The second-order valence-electron chi connectivity index (χ2n) is 6.63. The highest BCUT2D eigenvalue weighted by molar-refractivity contribution is 6.01. The van der Waals surface area contributed by atoms with E-state index < -0.39 is 0 Å². The molecular weight excluding hydrogens is 338 g/mol. The summed E-state index contributed by atoms with van der Waals surface area (Å²) in [5, 5.41) is 13.0. The number of nitrogens with one attached hydrogen (secondary N) is 3. The van der Waals surface area contributed by atoms with Crippen LogP contribution >= 0.6 is 0 Å². The van der Waals surface area contributed by atoms with Crippen LogP contribution in [0.25, 0.3) is 0 Å². The van der Waals surface area contributed by atoms with Crippen LogP contribution in [0.4, 0.5) is 11.6 Å². The Morgan fingerprint density at radius 2 is 2.19 bits per heavy atom. The molecule has 7 nitrogen and oxygen atoms in total. The van der Waals surface area contributed by atoms with E-state index in [-0.39, 0.29) is 17.8 Å². The number of nitrogens with zero attached hydrogens (tertiary/aromatic N) is 3. The molecule has 0 saturated carbocycles. The number of aromatic nitrogens is 2. The van der Waals surface area contributed by atoms with Gasteiger partial charge in [-0.3, -0.25) is 15.4 Å². The molecule has 144 valence electrons. The van der Waals surface area contributed by atoms with Crippen molar-refractivity contribution in [3.05, 3.63) is 60.1 Å². The Labute approximate surface area is 161 Å². The fourth-order valence-corrected chi connectivity index (χ4v) is 2.65. The molecular formula is C20H29N7. The van der Waals surface area contributed by atoms with Crippen LogP contribution in [0.3, 0.4) is 0 Å². The van der Waals surface area contributed by atoms with E-state index in [0.717, 1.165) is 17.1 Å². The predicted octanol–water partition coefficient (Wildman–Crippen LogP) is 3.27. The highest BCUT2D eigenvalue weighted by Crippen LogP contribution is 2.27. The van der Waals surface area contributed by atoms with Crippen LogP contribution in [0.15, 0.2) is 54.4 Å². The van der Waals surface area contributed by atoms with Crippen LogP contribution in [-0.2, 0) is 6.54 Å². The Morgan fingerprint density at radius 3 is 2.81 bits per heavy atom. The average Bonchev–Trinajstić information content (AvgIpc) is 3.05. The van der Waals surface area contributed by atoms with Gasteiger partial charge in [0, 0.05) is 5.70 Å². The van der Waals surface area contributed by atoms with Gasteiger partial charge in [0.05, 0.1) is 18.8 Å². The first-order valence-electron chi connectivity index (χ1n) is 9.04. The Balaban J connectivity index is 2.21. The van der Waals surface area contributed by atoms with Gasteiger partial charge < -0.3 is 11.1 Å². The molecule has 0 spiro atoms. The number of fused-ring (bicyclic) bond motifs is 1. The molecule has 0 radical (unpaired) electrons. The van der Waals surface area contributed by atoms with E-state index in [0.29, 0.717) is 18.1 Å². The number of anilines is 2. The number of allylic oxidation sites excluding steroid dienone is 4. The van der Waals surface area contributed by atoms with Gasteiger partial charge in [0.25, 0.3) is 0 Å². The summed E-state index contributed by atoms with van der Waals surface area (Å²) >= 11 is 0. The van der Waals surface area contributed by atoms with E-state index >= 15 is 0 Å². The third kappa shape index (κ3) is 5.04. The summed E-state index contributed by atoms with van der Waals surface area (Å²) in [6, 6.07) is 0.0629. The van der Waals surface area contributed by atoms with Gasteiger partial charge in [-0.1, -0.05) is 44.7 Å². The monoisotopic (exact) mass is 367 g/mol. The van der Waals surface area contributed by atoms with Crippen LogP contribution in [0.5, 0.6) is 0 Å². The average molecular weight is 368 g/mol. The summed E-state index contributed by atoms with van der Waals surface area (Å²) < 4.78 is 0. The number of amidine groups is 1. The molecule has 0 fully saturated rings. The van der Waals surface area contributed by atoms with Gasteiger partial charge >= 0.3 is 0 Å². The molecule has 1 aliphatic heterocycles. The zero-order chi connectivity index (χ0) is 20.0. The van der Waals surface area contributed by atoms with Crippen molar-refractivity contribution < 1.29 is 0 Å². The summed E-state index contributed by atoms with van der Waals surface area (Å²) in [6.07, 6.45) is 11.0. The lowest BCUT2D eigenvalue weighted by atomic mass is 10.1. The van der Waals surface area contributed by atoms with E-state index in [4.69, 9.17) is 11.1 Å². The normalized spacial score (nSPS) is 16.0. The van der Waals surface area contributed by atoms with Crippen molar-refractivity contribution in [2.45, 2.75) is 40.3 Å². The van der Waals surface area contributed by atoms with Gasteiger partial charge in [0.15, 0.2) is 11.6 Å². The van der Waals surface area contributed by atoms with E-state index in [9.17, 15) is 0 Å². The van der Waals surface area contributed by atoms with E-state index in [1.54, 1.807) is 18.3 Å². The molecule has 0 bridgehead atoms. The minimum atomic E-state index is 0.0629. The molecule has 0 aromatic carbocycles. The zero-order valence-corrected chi connectivity index (χ0v) is 16.5. The maximum Gasteiger partial charge on any atom is 0.169 e. The van der Waals surface area contributed by atoms with Crippen LogP contribution in [0.1, 0.15) is 33.4 Å². The van der Waals surface area contributed by atoms with Crippen LogP contribution in [0.2, 0.25) is 0 Å². The van der Waals surface area contributed by atoms with Crippen molar-refractivity contribution >= 4 is 17.5 Å². The molecule has 0 amide bonds. The Bertz CT molecular complexity index is 790. The minimum Gasteiger partial charge on any atom is -0.402 e. The van der Waals surface area contributed by atoms with Crippen molar-refractivity contribution in [2.75, 3.05) is 10.3 Å². The highest BCUT2D eigenvalue weighted by Gasteiger charge is 2.27. The number of hydrazine groups is 1. The smallest absolute Gasteiger partial charge is 0.169 e. The first-order valence-corrected chi connectivity index (χ1v) is 9.04. The largest absolute Gasteiger partial charge is 0.402 e. The first-order chi connectivity index (χ1) is 12.9. The fourth-order valence-electron chi connectivity index (χ4n) is 2.65. The number of hydrogen-bond acceptors (Lipinski definition) is 6. The van der Waals surface area contributed by atoms with Gasteiger partial charge in [-0.15, -0.1) is 0 Å². The molecule has 0 aliphatic carbocycles. The van der Waals surface area contributed by atoms with E-state index in [2.05, 4.69) is 40.3 Å². The Kier molecular flexibility index (Phi) is 6.90. The maximum absolute atomic E-state index is 8.06. The SMILES string of the molecule is C=C/C=C\C(=C/C)C(C)N1NCc2ncc(NC(=N)/C=C(\N)C(C)C)nc21. The lowest BCUT2D eigenvalue weighted by Crippen LogP contribution is -2.41. The molecule has 27 heavy (non-hydrogen) atoms.